The summed E-state index contributed by atoms with van der Waals surface area (Å²) in [5, 5.41) is 3.27. The van der Waals surface area contributed by atoms with Crippen molar-refractivity contribution in [3.8, 4) is 5.75 Å². The van der Waals surface area contributed by atoms with Gasteiger partial charge >= 0.3 is 0 Å². The van der Waals surface area contributed by atoms with E-state index in [9.17, 15) is 4.79 Å². The quantitative estimate of drug-likeness (QED) is 0.679. The summed E-state index contributed by atoms with van der Waals surface area (Å²) >= 11 is 0. The number of amides is 1. The van der Waals surface area contributed by atoms with Crippen LogP contribution in [0.1, 0.15) is 22.8 Å². The number of rotatable bonds is 7. The van der Waals surface area contributed by atoms with Gasteiger partial charge in [0.05, 0.1) is 7.11 Å². The second kappa shape index (κ2) is 8.85. The number of nitrogens with zero attached hydrogens (tertiary/aromatic N) is 2. The molecule has 1 amide bonds. The number of ether oxygens (including phenoxy) is 1. The number of para-hydroxylation sites is 2. The Morgan fingerprint density at radius 3 is 2.56 bits per heavy atom. The van der Waals surface area contributed by atoms with Gasteiger partial charge in [-0.1, -0.05) is 36.4 Å². The van der Waals surface area contributed by atoms with Crippen LogP contribution in [-0.2, 0) is 6.54 Å². The zero-order valence-electron chi connectivity index (χ0n) is 15.6. The summed E-state index contributed by atoms with van der Waals surface area (Å²) in [5.41, 5.74) is 2.50. The first-order chi connectivity index (χ1) is 13.2. The number of hydrogen-bond acceptors (Lipinski definition) is 4. The molecule has 0 fully saturated rings. The number of methoxy groups -OCH3 is 1. The molecule has 0 saturated carbocycles. The van der Waals surface area contributed by atoms with E-state index in [0.717, 1.165) is 17.0 Å². The Morgan fingerprint density at radius 2 is 1.81 bits per heavy atom. The molecule has 3 aromatic rings. The van der Waals surface area contributed by atoms with Crippen LogP contribution in [0.3, 0.4) is 0 Å². The van der Waals surface area contributed by atoms with Crippen molar-refractivity contribution in [1.29, 1.82) is 0 Å². The highest BCUT2D eigenvalue weighted by molar-refractivity contribution is 6.06. The molecule has 0 atom stereocenters. The standard InChI is InChI=1S/C22H23N3O2/c1-3-25(19-10-5-4-6-11-19)22(26)17-13-14-23-21(15-17)24-16-18-9-7-8-12-20(18)27-2/h4-15H,3,16H2,1-2H3,(H,23,24). The number of carbonyl (C=O) groups excluding carboxylic acids is 1. The zero-order valence-corrected chi connectivity index (χ0v) is 15.6. The maximum Gasteiger partial charge on any atom is 0.258 e. The van der Waals surface area contributed by atoms with Gasteiger partial charge in [0, 0.05) is 36.1 Å². The molecule has 0 radical (unpaired) electrons. The second-order valence-electron chi connectivity index (χ2n) is 5.98. The van der Waals surface area contributed by atoms with Crippen LogP contribution >= 0.6 is 0 Å². The van der Waals surface area contributed by atoms with Crippen molar-refractivity contribution in [3.05, 3.63) is 84.1 Å². The summed E-state index contributed by atoms with van der Waals surface area (Å²) < 4.78 is 5.37. The Kier molecular flexibility index (Phi) is 6.05. The minimum Gasteiger partial charge on any atom is -0.496 e. The van der Waals surface area contributed by atoms with Crippen molar-refractivity contribution in [3.63, 3.8) is 0 Å². The smallest absolute Gasteiger partial charge is 0.258 e. The van der Waals surface area contributed by atoms with Crippen molar-refractivity contribution in [2.24, 2.45) is 0 Å². The lowest BCUT2D eigenvalue weighted by atomic mass is 10.2. The molecular weight excluding hydrogens is 338 g/mol. The minimum atomic E-state index is -0.0496. The van der Waals surface area contributed by atoms with Gasteiger partial charge in [0.15, 0.2) is 0 Å². The Morgan fingerprint density at radius 1 is 1.07 bits per heavy atom. The van der Waals surface area contributed by atoms with Crippen LogP contribution in [0.2, 0.25) is 0 Å². The number of benzene rings is 2. The number of pyridine rings is 1. The molecule has 5 nitrogen and oxygen atoms in total. The van der Waals surface area contributed by atoms with Crippen LogP contribution in [0.25, 0.3) is 0 Å². The van der Waals surface area contributed by atoms with Gasteiger partial charge in [0.1, 0.15) is 11.6 Å². The predicted octanol–water partition coefficient (Wildman–Crippen LogP) is 4.37. The van der Waals surface area contributed by atoms with E-state index in [1.165, 1.54) is 0 Å². The summed E-state index contributed by atoms with van der Waals surface area (Å²) in [5.74, 6) is 1.42. The summed E-state index contributed by atoms with van der Waals surface area (Å²) in [6.45, 7) is 3.12. The van der Waals surface area contributed by atoms with Gasteiger partial charge in [-0.3, -0.25) is 4.79 Å². The maximum absolute atomic E-state index is 13.0. The van der Waals surface area contributed by atoms with E-state index < -0.39 is 0 Å². The fourth-order valence-electron chi connectivity index (χ4n) is 2.90. The van der Waals surface area contributed by atoms with Crippen LogP contribution < -0.4 is 15.0 Å². The molecule has 0 unspecified atom stereocenters. The number of nitrogens with one attached hydrogen (secondary N) is 1. The van der Waals surface area contributed by atoms with Gasteiger partial charge < -0.3 is 15.0 Å². The van der Waals surface area contributed by atoms with E-state index >= 15 is 0 Å². The molecule has 3 rings (SSSR count). The SMILES string of the molecule is CCN(C(=O)c1ccnc(NCc2ccccc2OC)c1)c1ccccc1. The number of anilines is 2. The predicted molar refractivity (Wildman–Crippen MR) is 108 cm³/mol. The van der Waals surface area contributed by atoms with Crippen molar-refractivity contribution in [1.82, 2.24) is 4.98 Å². The average Bonchev–Trinajstić information content (AvgIpc) is 2.74. The molecule has 0 bridgehead atoms. The molecular formula is C22H23N3O2. The lowest BCUT2D eigenvalue weighted by molar-refractivity contribution is 0.0988. The van der Waals surface area contributed by atoms with E-state index in [1.54, 1.807) is 30.3 Å². The third-order valence-electron chi connectivity index (χ3n) is 4.29. The lowest BCUT2D eigenvalue weighted by Crippen LogP contribution is -2.30. The van der Waals surface area contributed by atoms with Gasteiger partial charge in [-0.2, -0.15) is 0 Å². The minimum absolute atomic E-state index is 0.0496. The average molecular weight is 361 g/mol. The second-order valence-corrected chi connectivity index (χ2v) is 5.98. The highest BCUT2D eigenvalue weighted by Gasteiger charge is 2.16. The maximum atomic E-state index is 13.0. The molecule has 1 aromatic heterocycles. The number of hydrogen-bond donors (Lipinski definition) is 1. The fourth-order valence-corrected chi connectivity index (χ4v) is 2.90. The third kappa shape index (κ3) is 4.44. The normalized spacial score (nSPS) is 10.3. The number of aromatic nitrogens is 1. The van der Waals surface area contributed by atoms with Crippen LogP contribution in [-0.4, -0.2) is 24.5 Å². The van der Waals surface area contributed by atoms with Gasteiger partial charge in [0.2, 0.25) is 0 Å². The first-order valence-corrected chi connectivity index (χ1v) is 8.91. The van der Waals surface area contributed by atoms with E-state index in [1.807, 2.05) is 61.5 Å². The summed E-state index contributed by atoms with van der Waals surface area (Å²) in [6, 6.07) is 21.0. The molecule has 0 aliphatic heterocycles. The highest BCUT2D eigenvalue weighted by Crippen LogP contribution is 2.20. The number of carbonyl (C=O) groups is 1. The van der Waals surface area contributed by atoms with Crippen molar-refractivity contribution in [2.45, 2.75) is 13.5 Å². The molecule has 5 heteroatoms. The van der Waals surface area contributed by atoms with Gasteiger partial charge in [-0.25, -0.2) is 4.98 Å². The molecule has 27 heavy (non-hydrogen) atoms. The van der Waals surface area contributed by atoms with Gasteiger partial charge in [0.25, 0.3) is 5.91 Å². The molecule has 2 aromatic carbocycles. The first-order valence-electron chi connectivity index (χ1n) is 8.91. The zero-order chi connectivity index (χ0) is 19.1. The molecule has 1 heterocycles. The summed E-state index contributed by atoms with van der Waals surface area (Å²) in [6.07, 6.45) is 1.65. The topological polar surface area (TPSA) is 54.5 Å². The fraction of sp³-hybridized carbons (Fsp3) is 0.182. The Balaban J connectivity index is 1.76. The van der Waals surface area contributed by atoms with E-state index in [0.29, 0.717) is 24.5 Å². The van der Waals surface area contributed by atoms with Crippen LogP contribution in [0, 0.1) is 0 Å². The molecule has 0 saturated heterocycles. The summed E-state index contributed by atoms with van der Waals surface area (Å²) in [4.78, 5) is 19.0. The van der Waals surface area contributed by atoms with Crippen molar-refractivity contribution >= 4 is 17.4 Å². The highest BCUT2D eigenvalue weighted by atomic mass is 16.5. The van der Waals surface area contributed by atoms with E-state index in [2.05, 4.69) is 10.3 Å². The van der Waals surface area contributed by atoms with Gasteiger partial charge in [-0.15, -0.1) is 0 Å². The molecule has 138 valence electrons. The van der Waals surface area contributed by atoms with E-state index in [4.69, 9.17) is 4.74 Å². The lowest BCUT2D eigenvalue weighted by Gasteiger charge is -2.21. The Labute approximate surface area is 159 Å². The summed E-state index contributed by atoms with van der Waals surface area (Å²) in [7, 11) is 1.65. The third-order valence-corrected chi connectivity index (χ3v) is 4.29. The van der Waals surface area contributed by atoms with Crippen LogP contribution in [0.15, 0.2) is 72.9 Å². The van der Waals surface area contributed by atoms with Gasteiger partial charge in [-0.05, 0) is 37.3 Å². The molecule has 1 N–H and O–H groups in total. The monoisotopic (exact) mass is 361 g/mol. The largest absolute Gasteiger partial charge is 0.496 e. The Hall–Kier alpha value is -3.34. The molecule has 0 spiro atoms. The van der Waals surface area contributed by atoms with Crippen LogP contribution in [0.5, 0.6) is 5.75 Å². The molecule has 0 aliphatic rings. The van der Waals surface area contributed by atoms with Crippen molar-refractivity contribution < 1.29 is 9.53 Å². The Bertz CT molecular complexity index is 897. The van der Waals surface area contributed by atoms with E-state index in [-0.39, 0.29) is 5.91 Å². The first kappa shape index (κ1) is 18.5. The van der Waals surface area contributed by atoms with Crippen LogP contribution in [0.4, 0.5) is 11.5 Å². The van der Waals surface area contributed by atoms with Crippen molar-refractivity contribution in [2.75, 3.05) is 23.9 Å². The molecule has 0 aliphatic carbocycles.